The number of fused-ring (bicyclic) bond motifs is 1. The van der Waals surface area contributed by atoms with Gasteiger partial charge >= 0.3 is 7.12 Å². The van der Waals surface area contributed by atoms with Crippen LogP contribution in [0.15, 0.2) is 12.1 Å². The van der Waals surface area contributed by atoms with Crippen LogP contribution in [0.2, 0.25) is 0 Å². The monoisotopic (exact) mass is 205 g/mol. The van der Waals surface area contributed by atoms with E-state index in [1.807, 2.05) is 19.1 Å². The lowest BCUT2D eigenvalue weighted by Crippen LogP contribution is -2.34. The molecule has 0 saturated heterocycles. The van der Waals surface area contributed by atoms with Crippen molar-refractivity contribution in [3.8, 4) is 0 Å². The van der Waals surface area contributed by atoms with Crippen LogP contribution >= 0.6 is 0 Å². The molecule has 0 amide bonds. The van der Waals surface area contributed by atoms with E-state index in [1.54, 1.807) is 0 Å². The Kier molecular flexibility index (Phi) is 2.82. The molecule has 80 valence electrons. The molecule has 0 spiro atoms. The van der Waals surface area contributed by atoms with Crippen molar-refractivity contribution in [2.24, 2.45) is 0 Å². The molecule has 15 heavy (non-hydrogen) atoms. The van der Waals surface area contributed by atoms with E-state index in [2.05, 4.69) is 11.9 Å². The third kappa shape index (κ3) is 2.07. The Hall–Kier alpha value is -0.835. The van der Waals surface area contributed by atoms with Crippen LogP contribution < -0.4 is 5.46 Å². The summed E-state index contributed by atoms with van der Waals surface area (Å²) in [5.74, 6) is 0. The van der Waals surface area contributed by atoms with Gasteiger partial charge in [-0.3, -0.25) is 0 Å². The Morgan fingerprint density at radius 2 is 2.07 bits per heavy atom. The van der Waals surface area contributed by atoms with E-state index in [1.165, 1.54) is 11.1 Å². The van der Waals surface area contributed by atoms with Gasteiger partial charge in [-0.25, -0.2) is 0 Å². The molecule has 4 heteroatoms. The molecule has 0 aliphatic carbocycles. The van der Waals surface area contributed by atoms with Crippen LogP contribution in [-0.4, -0.2) is 35.7 Å². The summed E-state index contributed by atoms with van der Waals surface area (Å²) in [6.07, 6.45) is 0.993. The Balaban J connectivity index is 2.43. The summed E-state index contributed by atoms with van der Waals surface area (Å²) in [6, 6.07) is 3.78. The molecule has 2 rings (SSSR count). The van der Waals surface area contributed by atoms with Crippen molar-refractivity contribution < 1.29 is 10.0 Å². The molecule has 0 unspecified atom stereocenters. The van der Waals surface area contributed by atoms with Gasteiger partial charge in [0, 0.05) is 13.1 Å². The summed E-state index contributed by atoms with van der Waals surface area (Å²) in [4.78, 5) is 2.28. The fraction of sp³-hybridized carbons (Fsp3) is 0.455. The first-order valence-corrected chi connectivity index (χ1v) is 5.25. The fourth-order valence-electron chi connectivity index (χ4n) is 2.18. The van der Waals surface area contributed by atoms with E-state index in [0.29, 0.717) is 5.46 Å². The molecule has 3 nitrogen and oxygen atoms in total. The maximum atomic E-state index is 9.15. The molecule has 0 aromatic heterocycles. The first-order chi connectivity index (χ1) is 7.08. The lowest BCUT2D eigenvalue weighted by molar-refractivity contribution is 0.312. The van der Waals surface area contributed by atoms with Crippen LogP contribution in [-0.2, 0) is 13.0 Å². The lowest BCUT2D eigenvalue weighted by Gasteiger charge is -2.27. The summed E-state index contributed by atoms with van der Waals surface area (Å²) in [6.45, 7) is 4.03. The minimum absolute atomic E-state index is 0.607. The zero-order valence-electron chi connectivity index (χ0n) is 9.20. The highest BCUT2D eigenvalue weighted by atomic mass is 16.4. The Morgan fingerprint density at radius 3 is 2.73 bits per heavy atom. The molecule has 0 saturated carbocycles. The van der Waals surface area contributed by atoms with Crippen LogP contribution in [0.1, 0.15) is 16.7 Å². The number of likely N-dealkylation sites (N-methyl/N-ethyl adjacent to an activating group) is 1. The molecule has 1 aromatic carbocycles. The van der Waals surface area contributed by atoms with Gasteiger partial charge in [0.15, 0.2) is 0 Å². The highest BCUT2D eigenvalue weighted by molar-refractivity contribution is 6.58. The first kappa shape index (κ1) is 10.7. The third-order valence-electron chi connectivity index (χ3n) is 3.08. The SMILES string of the molecule is Cc1cc(B(O)O)cc2c1CN(C)CC2. The molecule has 0 radical (unpaired) electrons. The van der Waals surface area contributed by atoms with Crippen molar-refractivity contribution in [2.75, 3.05) is 13.6 Å². The Morgan fingerprint density at radius 1 is 1.33 bits per heavy atom. The Labute approximate surface area is 90.5 Å². The predicted molar refractivity (Wildman–Crippen MR) is 61.0 cm³/mol. The fourth-order valence-corrected chi connectivity index (χ4v) is 2.18. The van der Waals surface area contributed by atoms with Crippen LogP contribution in [0, 0.1) is 6.92 Å². The number of rotatable bonds is 1. The third-order valence-corrected chi connectivity index (χ3v) is 3.08. The van der Waals surface area contributed by atoms with Gasteiger partial charge in [0.2, 0.25) is 0 Å². The lowest BCUT2D eigenvalue weighted by atomic mass is 9.76. The maximum absolute atomic E-state index is 9.15. The van der Waals surface area contributed by atoms with Gasteiger partial charge in [0.25, 0.3) is 0 Å². The molecule has 1 aromatic rings. The van der Waals surface area contributed by atoms with Crippen LogP contribution in [0.4, 0.5) is 0 Å². The Bertz CT molecular complexity index is 379. The van der Waals surface area contributed by atoms with Crippen LogP contribution in [0.25, 0.3) is 0 Å². The number of benzene rings is 1. The highest BCUT2D eigenvalue weighted by Gasteiger charge is 2.19. The van der Waals surface area contributed by atoms with E-state index in [9.17, 15) is 0 Å². The van der Waals surface area contributed by atoms with Crippen molar-refractivity contribution in [3.63, 3.8) is 0 Å². The van der Waals surface area contributed by atoms with E-state index < -0.39 is 7.12 Å². The number of nitrogens with zero attached hydrogens (tertiary/aromatic N) is 1. The van der Waals surface area contributed by atoms with Gasteiger partial charge in [-0.1, -0.05) is 12.1 Å². The minimum atomic E-state index is -1.35. The highest BCUT2D eigenvalue weighted by Crippen LogP contribution is 2.20. The predicted octanol–water partition coefficient (Wildman–Crippen LogP) is -0.337. The van der Waals surface area contributed by atoms with E-state index >= 15 is 0 Å². The quantitative estimate of drug-likeness (QED) is 0.616. The second-order valence-corrected chi connectivity index (χ2v) is 4.34. The molecule has 1 aliphatic heterocycles. The van der Waals surface area contributed by atoms with E-state index in [4.69, 9.17) is 10.0 Å². The number of hydrogen-bond donors (Lipinski definition) is 2. The summed E-state index contributed by atoms with van der Waals surface area (Å²) < 4.78 is 0. The summed E-state index contributed by atoms with van der Waals surface area (Å²) in [5.41, 5.74) is 4.36. The molecule has 0 bridgehead atoms. The van der Waals surface area contributed by atoms with Crippen molar-refractivity contribution >= 4 is 12.6 Å². The van der Waals surface area contributed by atoms with E-state index in [0.717, 1.165) is 25.1 Å². The van der Waals surface area contributed by atoms with Gasteiger partial charge < -0.3 is 14.9 Å². The van der Waals surface area contributed by atoms with Crippen molar-refractivity contribution in [3.05, 3.63) is 28.8 Å². The van der Waals surface area contributed by atoms with Crippen LogP contribution in [0.3, 0.4) is 0 Å². The number of hydrogen-bond acceptors (Lipinski definition) is 3. The van der Waals surface area contributed by atoms with Crippen LogP contribution in [0.5, 0.6) is 0 Å². The average Bonchev–Trinajstić information content (AvgIpc) is 2.18. The molecule has 0 atom stereocenters. The maximum Gasteiger partial charge on any atom is 0.488 e. The van der Waals surface area contributed by atoms with Gasteiger partial charge in [0.1, 0.15) is 0 Å². The summed E-state index contributed by atoms with van der Waals surface area (Å²) in [7, 11) is 0.755. The first-order valence-electron chi connectivity index (χ1n) is 5.25. The largest absolute Gasteiger partial charge is 0.488 e. The second kappa shape index (κ2) is 3.97. The molecule has 1 aliphatic rings. The number of aryl methyl sites for hydroxylation is 1. The topological polar surface area (TPSA) is 43.7 Å². The zero-order chi connectivity index (χ0) is 11.0. The van der Waals surface area contributed by atoms with Crippen molar-refractivity contribution in [1.82, 2.24) is 4.90 Å². The summed E-state index contributed by atoms with van der Waals surface area (Å²) >= 11 is 0. The summed E-state index contributed by atoms with van der Waals surface area (Å²) in [5, 5.41) is 18.3. The molecule has 0 fully saturated rings. The second-order valence-electron chi connectivity index (χ2n) is 4.34. The molecule has 2 N–H and O–H groups in total. The standard InChI is InChI=1S/C11H16BNO2/c1-8-5-10(12(14)15)6-9-3-4-13(2)7-11(8)9/h5-6,14-15H,3-4,7H2,1-2H3. The average molecular weight is 205 g/mol. The van der Waals surface area contributed by atoms with Crippen molar-refractivity contribution in [1.29, 1.82) is 0 Å². The van der Waals surface area contributed by atoms with Gasteiger partial charge in [0.05, 0.1) is 0 Å². The molecular formula is C11H16BNO2. The van der Waals surface area contributed by atoms with Crippen molar-refractivity contribution in [2.45, 2.75) is 19.9 Å². The molecule has 1 heterocycles. The van der Waals surface area contributed by atoms with Gasteiger partial charge in [-0.15, -0.1) is 0 Å². The normalized spacial score (nSPS) is 16.3. The van der Waals surface area contributed by atoms with E-state index in [-0.39, 0.29) is 0 Å². The van der Waals surface area contributed by atoms with Gasteiger partial charge in [-0.05, 0) is 42.5 Å². The van der Waals surface area contributed by atoms with Gasteiger partial charge in [-0.2, -0.15) is 0 Å². The molecular weight excluding hydrogens is 189 g/mol. The zero-order valence-corrected chi connectivity index (χ0v) is 9.20. The minimum Gasteiger partial charge on any atom is -0.423 e. The smallest absolute Gasteiger partial charge is 0.423 e.